The molecule has 1 aromatic carbocycles. The summed E-state index contributed by atoms with van der Waals surface area (Å²) in [6, 6.07) is 9.03. The molecule has 0 spiro atoms. The van der Waals surface area contributed by atoms with E-state index in [1.165, 1.54) is 0 Å². The van der Waals surface area contributed by atoms with Crippen molar-refractivity contribution in [1.29, 1.82) is 0 Å². The molecule has 0 saturated carbocycles. The number of carbonyl (C=O) groups is 1. The normalized spacial score (nSPS) is 13.4. The molecule has 0 radical (unpaired) electrons. The third kappa shape index (κ3) is 3.21. The Labute approximate surface area is 146 Å². The van der Waals surface area contributed by atoms with Crippen LogP contribution in [-0.2, 0) is 0 Å². The van der Waals surface area contributed by atoms with E-state index in [9.17, 15) is 4.79 Å². The summed E-state index contributed by atoms with van der Waals surface area (Å²) in [5.74, 6) is 0.792. The van der Waals surface area contributed by atoms with Crippen LogP contribution in [0.2, 0.25) is 5.02 Å². The summed E-state index contributed by atoms with van der Waals surface area (Å²) in [7, 11) is 0. The van der Waals surface area contributed by atoms with Gasteiger partial charge in [-0.3, -0.25) is 4.90 Å². The van der Waals surface area contributed by atoms with Crippen molar-refractivity contribution in [3.63, 3.8) is 0 Å². The average molecular weight is 343 g/mol. The summed E-state index contributed by atoms with van der Waals surface area (Å²) < 4.78 is 0. The first-order valence-electron chi connectivity index (χ1n) is 7.75. The van der Waals surface area contributed by atoms with Gasteiger partial charge in [0.1, 0.15) is 0 Å². The van der Waals surface area contributed by atoms with Gasteiger partial charge in [-0.2, -0.15) is 0 Å². The number of benzene rings is 1. The molecule has 0 unspecified atom stereocenters. The van der Waals surface area contributed by atoms with Gasteiger partial charge in [-0.05, 0) is 36.8 Å². The lowest BCUT2D eigenvalue weighted by Crippen LogP contribution is -2.46. The van der Waals surface area contributed by atoms with Crippen molar-refractivity contribution in [3.05, 3.63) is 59.8 Å². The molecule has 1 aliphatic heterocycles. The standard InChI is InChI=1S/C18H19ClN4O/c1-3-9-22-10-11-23(16-5-4-8-20-17(16)22)18(24)21-14-7-6-13(2)15(19)12-14/h3-8,12H,1,9-11H2,2H3,(H,21,24). The van der Waals surface area contributed by atoms with Crippen LogP contribution >= 0.6 is 11.6 Å². The van der Waals surface area contributed by atoms with E-state index in [0.29, 0.717) is 30.3 Å². The number of carbonyl (C=O) groups excluding carboxylic acids is 1. The van der Waals surface area contributed by atoms with Crippen LogP contribution in [0.3, 0.4) is 0 Å². The Balaban J connectivity index is 1.83. The third-order valence-electron chi connectivity index (χ3n) is 3.97. The van der Waals surface area contributed by atoms with Crippen molar-refractivity contribution in [2.45, 2.75) is 6.92 Å². The largest absolute Gasteiger partial charge is 0.349 e. The highest BCUT2D eigenvalue weighted by Gasteiger charge is 2.27. The first-order valence-corrected chi connectivity index (χ1v) is 8.13. The van der Waals surface area contributed by atoms with Gasteiger partial charge in [-0.25, -0.2) is 9.78 Å². The van der Waals surface area contributed by atoms with Gasteiger partial charge in [0, 0.05) is 36.5 Å². The highest BCUT2D eigenvalue weighted by atomic mass is 35.5. The summed E-state index contributed by atoms with van der Waals surface area (Å²) in [5, 5.41) is 3.53. The number of aryl methyl sites for hydroxylation is 1. The van der Waals surface area contributed by atoms with Gasteiger partial charge in [-0.15, -0.1) is 6.58 Å². The van der Waals surface area contributed by atoms with Crippen LogP contribution in [0.1, 0.15) is 5.56 Å². The number of halogens is 1. The maximum atomic E-state index is 12.7. The summed E-state index contributed by atoms with van der Waals surface area (Å²) in [6.07, 6.45) is 3.57. The van der Waals surface area contributed by atoms with Crippen LogP contribution in [-0.4, -0.2) is 30.6 Å². The molecule has 0 saturated heterocycles. The number of anilines is 3. The predicted molar refractivity (Wildman–Crippen MR) is 99.2 cm³/mol. The van der Waals surface area contributed by atoms with Crippen LogP contribution in [0.25, 0.3) is 0 Å². The molecule has 0 fully saturated rings. The third-order valence-corrected chi connectivity index (χ3v) is 4.37. The number of rotatable bonds is 3. The second-order valence-electron chi connectivity index (χ2n) is 5.63. The molecule has 124 valence electrons. The molecule has 2 heterocycles. The summed E-state index contributed by atoms with van der Waals surface area (Å²) >= 11 is 6.13. The number of hydrogen-bond acceptors (Lipinski definition) is 3. The minimum atomic E-state index is -0.192. The molecule has 1 aliphatic rings. The zero-order valence-corrected chi connectivity index (χ0v) is 14.3. The van der Waals surface area contributed by atoms with Crippen LogP contribution in [0.15, 0.2) is 49.2 Å². The highest BCUT2D eigenvalue weighted by molar-refractivity contribution is 6.31. The molecule has 0 atom stereocenters. The first-order chi connectivity index (χ1) is 11.6. The fraction of sp³-hybridized carbons (Fsp3) is 0.222. The number of fused-ring (bicyclic) bond motifs is 1. The smallest absolute Gasteiger partial charge is 0.326 e. The van der Waals surface area contributed by atoms with E-state index >= 15 is 0 Å². The van der Waals surface area contributed by atoms with Crippen LogP contribution in [0.4, 0.5) is 22.0 Å². The maximum Gasteiger partial charge on any atom is 0.326 e. The van der Waals surface area contributed by atoms with Crippen molar-refractivity contribution >= 4 is 34.8 Å². The maximum absolute atomic E-state index is 12.7. The molecule has 1 N–H and O–H groups in total. The van der Waals surface area contributed by atoms with E-state index in [0.717, 1.165) is 17.1 Å². The van der Waals surface area contributed by atoms with E-state index in [-0.39, 0.29) is 6.03 Å². The van der Waals surface area contributed by atoms with Gasteiger partial charge < -0.3 is 10.2 Å². The zero-order chi connectivity index (χ0) is 17.1. The Morgan fingerprint density at radius 2 is 2.25 bits per heavy atom. The molecule has 2 aromatic rings. The van der Waals surface area contributed by atoms with Gasteiger partial charge in [0.15, 0.2) is 5.82 Å². The van der Waals surface area contributed by atoms with Crippen molar-refractivity contribution in [1.82, 2.24) is 4.98 Å². The van der Waals surface area contributed by atoms with Crippen molar-refractivity contribution in [3.8, 4) is 0 Å². The Bertz CT molecular complexity index is 777. The monoisotopic (exact) mass is 342 g/mol. The van der Waals surface area contributed by atoms with Crippen molar-refractivity contribution < 1.29 is 4.79 Å². The van der Waals surface area contributed by atoms with E-state index in [4.69, 9.17) is 11.6 Å². The first kappa shape index (κ1) is 16.3. The Morgan fingerprint density at radius 3 is 3.00 bits per heavy atom. The molecule has 0 aliphatic carbocycles. The molecule has 1 aromatic heterocycles. The summed E-state index contributed by atoms with van der Waals surface area (Å²) in [6.45, 7) is 7.69. The second-order valence-corrected chi connectivity index (χ2v) is 6.03. The molecular formula is C18H19ClN4O. The summed E-state index contributed by atoms with van der Waals surface area (Å²) in [4.78, 5) is 20.9. The Morgan fingerprint density at radius 1 is 1.42 bits per heavy atom. The van der Waals surface area contributed by atoms with Crippen LogP contribution in [0, 0.1) is 6.92 Å². The average Bonchev–Trinajstić information content (AvgIpc) is 2.58. The lowest BCUT2D eigenvalue weighted by atomic mass is 10.2. The molecule has 2 amide bonds. The lowest BCUT2D eigenvalue weighted by Gasteiger charge is -2.36. The minimum Gasteiger partial charge on any atom is -0.349 e. The molecular weight excluding hydrogens is 324 g/mol. The Hall–Kier alpha value is -2.53. The number of nitrogens with one attached hydrogen (secondary N) is 1. The molecule has 24 heavy (non-hydrogen) atoms. The number of amides is 2. The SMILES string of the molecule is C=CCN1CCN(C(=O)Nc2ccc(C)c(Cl)c2)c2cccnc21. The number of urea groups is 1. The Kier molecular flexibility index (Phi) is 4.71. The van der Waals surface area contributed by atoms with E-state index in [1.807, 2.05) is 37.3 Å². The van der Waals surface area contributed by atoms with Gasteiger partial charge in [0.25, 0.3) is 0 Å². The molecule has 0 bridgehead atoms. The molecule has 6 heteroatoms. The number of nitrogens with zero attached hydrogens (tertiary/aromatic N) is 3. The highest BCUT2D eigenvalue weighted by Crippen LogP contribution is 2.31. The van der Waals surface area contributed by atoms with Crippen molar-refractivity contribution in [2.75, 3.05) is 34.8 Å². The number of pyridine rings is 1. The minimum absolute atomic E-state index is 0.192. The quantitative estimate of drug-likeness (QED) is 0.855. The van der Waals surface area contributed by atoms with Crippen LogP contribution < -0.4 is 15.1 Å². The number of aromatic nitrogens is 1. The van der Waals surface area contributed by atoms with Gasteiger partial charge >= 0.3 is 6.03 Å². The summed E-state index contributed by atoms with van der Waals surface area (Å²) in [5.41, 5.74) is 2.44. The van der Waals surface area contributed by atoms with Gasteiger partial charge in [0.05, 0.1) is 5.69 Å². The van der Waals surface area contributed by atoms with Gasteiger partial charge in [0.2, 0.25) is 0 Å². The lowest BCUT2D eigenvalue weighted by molar-refractivity contribution is 0.256. The predicted octanol–water partition coefficient (Wildman–Crippen LogP) is 4.09. The van der Waals surface area contributed by atoms with Crippen LogP contribution in [0.5, 0.6) is 0 Å². The fourth-order valence-electron chi connectivity index (χ4n) is 2.70. The topological polar surface area (TPSA) is 48.5 Å². The molecule has 3 rings (SSSR count). The fourth-order valence-corrected chi connectivity index (χ4v) is 2.88. The zero-order valence-electron chi connectivity index (χ0n) is 13.5. The van der Waals surface area contributed by atoms with E-state index < -0.39 is 0 Å². The van der Waals surface area contributed by atoms with E-state index in [1.54, 1.807) is 17.2 Å². The van der Waals surface area contributed by atoms with Gasteiger partial charge in [-0.1, -0.05) is 23.7 Å². The second kappa shape index (κ2) is 6.93. The molecule has 5 nitrogen and oxygen atoms in total. The van der Waals surface area contributed by atoms with E-state index in [2.05, 4.69) is 21.8 Å². The van der Waals surface area contributed by atoms with Crippen molar-refractivity contribution in [2.24, 2.45) is 0 Å². The number of hydrogen-bond donors (Lipinski definition) is 1.